The van der Waals surface area contributed by atoms with Gasteiger partial charge in [0.2, 0.25) is 11.8 Å². The van der Waals surface area contributed by atoms with Crippen molar-refractivity contribution in [1.82, 2.24) is 10.3 Å². The normalized spacial score (nSPS) is 9.33. The molecule has 0 unspecified atom stereocenters. The molecule has 1 N–H and O–H groups in total. The molecule has 1 rings (SSSR count). The number of carbonyl (C=O) groups is 1. The maximum absolute atomic E-state index is 10.8. The Labute approximate surface area is 89.0 Å². The fourth-order valence-corrected chi connectivity index (χ4v) is 0.965. The lowest BCUT2D eigenvalue weighted by molar-refractivity contribution is -0.116. The Hall–Kier alpha value is -1.84. The molecule has 1 amide bonds. The first-order valence-corrected chi connectivity index (χ1v) is 4.77. The van der Waals surface area contributed by atoms with E-state index in [1.54, 1.807) is 12.3 Å². The van der Waals surface area contributed by atoms with Gasteiger partial charge in [-0.25, -0.2) is 4.98 Å². The monoisotopic (exact) mass is 206 g/mol. The number of nitrogens with one attached hydrogen (secondary N) is 1. The molecule has 15 heavy (non-hydrogen) atoms. The molecular weight excluding hydrogens is 192 g/mol. The van der Waals surface area contributed by atoms with Gasteiger partial charge in [-0.05, 0) is 18.6 Å². The summed E-state index contributed by atoms with van der Waals surface area (Å²) in [5.74, 6) is 0.445. The van der Waals surface area contributed by atoms with Crippen LogP contribution in [0.2, 0.25) is 0 Å². The summed E-state index contributed by atoms with van der Waals surface area (Å²) in [6.07, 6.45) is 3.67. The van der Waals surface area contributed by atoms with E-state index in [0.717, 1.165) is 6.42 Å². The number of nitrogens with zero attached hydrogens (tertiary/aromatic N) is 1. The van der Waals surface area contributed by atoms with Gasteiger partial charge in [-0.1, -0.05) is 12.6 Å². The van der Waals surface area contributed by atoms with Gasteiger partial charge in [0.1, 0.15) is 0 Å². The van der Waals surface area contributed by atoms with Crippen LogP contribution in [0.5, 0.6) is 5.88 Å². The molecule has 0 radical (unpaired) electrons. The van der Waals surface area contributed by atoms with Gasteiger partial charge in [0.25, 0.3) is 0 Å². The highest BCUT2D eigenvalue weighted by molar-refractivity contribution is 5.86. The molecule has 0 fully saturated rings. The van der Waals surface area contributed by atoms with Crippen molar-refractivity contribution in [3.63, 3.8) is 0 Å². The minimum Gasteiger partial charge on any atom is -0.478 e. The Kier molecular flexibility index (Phi) is 4.94. The third kappa shape index (κ3) is 4.81. The lowest BCUT2D eigenvalue weighted by atomic mass is 10.4. The summed E-state index contributed by atoms with van der Waals surface area (Å²) in [5.41, 5.74) is 0. The number of carbonyl (C=O) groups excluding carboxylic acids is 1. The Balaban J connectivity index is 2.07. The van der Waals surface area contributed by atoms with Crippen molar-refractivity contribution in [2.45, 2.75) is 6.42 Å². The molecule has 0 spiro atoms. The van der Waals surface area contributed by atoms with Crippen molar-refractivity contribution < 1.29 is 9.53 Å². The molecule has 4 heteroatoms. The fraction of sp³-hybridized carbons (Fsp3) is 0.273. The zero-order valence-electron chi connectivity index (χ0n) is 8.48. The van der Waals surface area contributed by atoms with E-state index >= 15 is 0 Å². The van der Waals surface area contributed by atoms with E-state index in [2.05, 4.69) is 16.9 Å². The topological polar surface area (TPSA) is 51.2 Å². The first kappa shape index (κ1) is 11.2. The highest BCUT2D eigenvalue weighted by atomic mass is 16.5. The summed E-state index contributed by atoms with van der Waals surface area (Å²) in [7, 11) is 0. The number of hydrogen-bond acceptors (Lipinski definition) is 3. The van der Waals surface area contributed by atoms with E-state index in [1.807, 2.05) is 12.1 Å². The number of hydrogen-bond donors (Lipinski definition) is 1. The van der Waals surface area contributed by atoms with E-state index in [0.29, 0.717) is 19.0 Å². The SMILES string of the molecule is C=CC(=O)NCCCOc1ccccn1. The fourth-order valence-electron chi connectivity index (χ4n) is 0.965. The van der Waals surface area contributed by atoms with Gasteiger partial charge in [0.05, 0.1) is 6.61 Å². The third-order valence-electron chi connectivity index (χ3n) is 1.69. The molecule has 0 bridgehead atoms. The largest absolute Gasteiger partial charge is 0.478 e. The second-order valence-corrected chi connectivity index (χ2v) is 2.87. The zero-order chi connectivity index (χ0) is 10.9. The predicted octanol–water partition coefficient (Wildman–Crippen LogP) is 1.15. The molecule has 0 saturated carbocycles. The molecule has 0 aliphatic rings. The average molecular weight is 206 g/mol. The van der Waals surface area contributed by atoms with Crippen LogP contribution in [0.3, 0.4) is 0 Å². The quantitative estimate of drug-likeness (QED) is 0.561. The predicted molar refractivity (Wildman–Crippen MR) is 57.6 cm³/mol. The van der Waals surface area contributed by atoms with Crippen LogP contribution in [0.1, 0.15) is 6.42 Å². The lowest BCUT2D eigenvalue weighted by Crippen LogP contribution is -2.23. The molecule has 0 aromatic carbocycles. The number of ether oxygens (including phenoxy) is 1. The van der Waals surface area contributed by atoms with Crippen LogP contribution in [0, 0.1) is 0 Å². The van der Waals surface area contributed by atoms with E-state index < -0.39 is 0 Å². The first-order chi connectivity index (χ1) is 7.33. The molecule has 0 aliphatic carbocycles. The second kappa shape index (κ2) is 6.59. The van der Waals surface area contributed by atoms with Gasteiger partial charge in [0, 0.05) is 18.8 Å². The van der Waals surface area contributed by atoms with E-state index in [9.17, 15) is 4.79 Å². The van der Waals surface area contributed by atoms with Crippen LogP contribution in [0.15, 0.2) is 37.1 Å². The zero-order valence-corrected chi connectivity index (χ0v) is 8.48. The molecule has 0 atom stereocenters. The van der Waals surface area contributed by atoms with Crippen molar-refractivity contribution in [1.29, 1.82) is 0 Å². The van der Waals surface area contributed by atoms with Gasteiger partial charge in [0.15, 0.2) is 0 Å². The molecule has 0 aliphatic heterocycles. The molecular formula is C11H14N2O2. The Morgan fingerprint density at radius 3 is 3.13 bits per heavy atom. The molecule has 1 aromatic heterocycles. The Bertz CT molecular complexity index is 312. The van der Waals surface area contributed by atoms with Crippen LogP contribution in [0.4, 0.5) is 0 Å². The maximum Gasteiger partial charge on any atom is 0.243 e. The number of rotatable bonds is 6. The van der Waals surface area contributed by atoms with Gasteiger partial charge in [-0.3, -0.25) is 4.79 Å². The lowest BCUT2D eigenvalue weighted by Gasteiger charge is -2.04. The molecule has 1 heterocycles. The van der Waals surface area contributed by atoms with Crippen molar-refractivity contribution in [3.8, 4) is 5.88 Å². The van der Waals surface area contributed by atoms with E-state index in [1.165, 1.54) is 6.08 Å². The van der Waals surface area contributed by atoms with Gasteiger partial charge >= 0.3 is 0 Å². The summed E-state index contributed by atoms with van der Waals surface area (Å²) < 4.78 is 5.33. The number of aromatic nitrogens is 1. The minimum atomic E-state index is -0.159. The summed E-state index contributed by atoms with van der Waals surface area (Å²) in [5, 5.41) is 2.66. The van der Waals surface area contributed by atoms with Gasteiger partial charge in [-0.15, -0.1) is 0 Å². The molecule has 1 aromatic rings. The molecule has 0 saturated heterocycles. The van der Waals surface area contributed by atoms with Crippen LogP contribution in [-0.2, 0) is 4.79 Å². The van der Waals surface area contributed by atoms with E-state index in [-0.39, 0.29) is 5.91 Å². The molecule has 4 nitrogen and oxygen atoms in total. The Morgan fingerprint density at radius 1 is 1.60 bits per heavy atom. The summed E-state index contributed by atoms with van der Waals surface area (Å²) in [4.78, 5) is 14.8. The molecule has 80 valence electrons. The minimum absolute atomic E-state index is 0.159. The standard InChI is InChI=1S/C11H14N2O2/c1-2-10(14)12-8-5-9-15-11-6-3-4-7-13-11/h2-4,6-7H,1,5,8-9H2,(H,12,14). The smallest absolute Gasteiger partial charge is 0.243 e. The van der Waals surface area contributed by atoms with Crippen LogP contribution in [0.25, 0.3) is 0 Å². The van der Waals surface area contributed by atoms with Crippen molar-refractivity contribution in [3.05, 3.63) is 37.1 Å². The number of amides is 1. The summed E-state index contributed by atoms with van der Waals surface area (Å²) >= 11 is 0. The second-order valence-electron chi connectivity index (χ2n) is 2.87. The van der Waals surface area contributed by atoms with Crippen LogP contribution in [-0.4, -0.2) is 24.0 Å². The van der Waals surface area contributed by atoms with Crippen LogP contribution < -0.4 is 10.1 Å². The third-order valence-corrected chi connectivity index (χ3v) is 1.69. The van der Waals surface area contributed by atoms with Crippen molar-refractivity contribution in [2.24, 2.45) is 0 Å². The number of pyridine rings is 1. The maximum atomic E-state index is 10.8. The van der Waals surface area contributed by atoms with Gasteiger partial charge < -0.3 is 10.1 Å². The Morgan fingerprint density at radius 2 is 2.47 bits per heavy atom. The van der Waals surface area contributed by atoms with E-state index in [4.69, 9.17) is 4.74 Å². The van der Waals surface area contributed by atoms with Crippen LogP contribution >= 0.6 is 0 Å². The first-order valence-electron chi connectivity index (χ1n) is 4.77. The average Bonchev–Trinajstić information content (AvgIpc) is 2.29. The van der Waals surface area contributed by atoms with Crippen molar-refractivity contribution in [2.75, 3.05) is 13.2 Å². The highest BCUT2D eigenvalue weighted by Crippen LogP contribution is 2.02. The van der Waals surface area contributed by atoms with Crippen molar-refractivity contribution >= 4 is 5.91 Å². The summed E-state index contributed by atoms with van der Waals surface area (Å²) in [6, 6.07) is 5.49. The highest BCUT2D eigenvalue weighted by Gasteiger charge is 1.94. The summed E-state index contributed by atoms with van der Waals surface area (Å²) in [6.45, 7) is 4.47. The van der Waals surface area contributed by atoms with Gasteiger partial charge in [-0.2, -0.15) is 0 Å².